The lowest BCUT2D eigenvalue weighted by Gasteiger charge is -2.10. The van der Waals surface area contributed by atoms with Gasteiger partial charge in [-0.25, -0.2) is 14.2 Å². The van der Waals surface area contributed by atoms with E-state index in [1.165, 1.54) is 24.3 Å². The van der Waals surface area contributed by atoms with E-state index in [9.17, 15) is 19.3 Å². The minimum Gasteiger partial charge on any atom is -0.488 e. The van der Waals surface area contributed by atoms with Crippen LogP contribution in [0.4, 0.5) is 10.1 Å². The van der Waals surface area contributed by atoms with E-state index >= 15 is 0 Å². The Hall–Kier alpha value is -4.33. The van der Waals surface area contributed by atoms with Gasteiger partial charge in [-0.3, -0.25) is 10.1 Å². The molecule has 0 saturated carbocycles. The zero-order chi connectivity index (χ0) is 22.7. The van der Waals surface area contributed by atoms with Crippen molar-refractivity contribution < 1.29 is 23.6 Å². The number of cyclic esters (lactones) is 1. The maximum atomic E-state index is 13.9. The predicted molar refractivity (Wildman–Crippen MR) is 116 cm³/mol. The number of nitrogens with zero attached hydrogens (tertiary/aromatic N) is 2. The monoisotopic (exact) mass is 432 g/mol. The SMILES string of the molecule is Cc1cc(C2=N/C(=C\c3ccccc3OCc3ccccc3F)C(=O)O2)ccc1[N+](=O)[O-]. The van der Waals surface area contributed by atoms with Crippen molar-refractivity contribution in [2.75, 3.05) is 0 Å². The number of halogens is 1. The van der Waals surface area contributed by atoms with Gasteiger partial charge in [-0.05, 0) is 37.3 Å². The largest absolute Gasteiger partial charge is 0.488 e. The summed E-state index contributed by atoms with van der Waals surface area (Å²) >= 11 is 0. The molecular weight excluding hydrogens is 415 g/mol. The van der Waals surface area contributed by atoms with Gasteiger partial charge in [-0.15, -0.1) is 0 Å². The first-order valence-corrected chi connectivity index (χ1v) is 9.65. The molecule has 3 aromatic rings. The van der Waals surface area contributed by atoms with Crippen LogP contribution in [0.3, 0.4) is 0 Å². The average molecular weight is 432 g/mol. The summed E-state index contributed by atoms with van der Waals surface area (Å²) < 4.78 is 24.9. The highest BCUT2D eigenvalue weighted by atomic mass is 19.1. The first-order valence-electron chi connectivity index (χ1n) is 9.65. The summed E-state index contributed by atoms with van der Waals surface area (Å²) in [6, 6.07) is 17.7. The topological polar surface area (TPSA) is 91.0 Å². The van der Waals surface area contributed by atoms with Gasteiger partial charge in [0.05, 0.1) is 4.92 Å². The van der Waals surface area contributed by atoms with E-state index in [0.717, 1.165) is 0 Å². The molecule has 1 aliphatic heterocycles. The number of esters is 1. The second-order valence-electron chi connectivity index (χ2n) is 7.01. The summed E-state index contributed by atoms with van der Waals surface area (Å²) in [6.07, 6.45) is 1.52. The fraction of sp³-hybridized carbons (Fsp3) is 0.0833. The Balaban J connectivity index is 1.59. The maximum absolute atomic E-state index is 13.9. The molecule has 0 spiro atoms. The van der Waals surface area contributed by atoms with Crippen LogP contribution < -0.4 is 4.74 Å². The number of hydrogen-bond acceptors (Lipinski definition) is 6. The first-order chi connectivity index (χ1) is 15.4. The Bertz CT molecular complexity index is 1280. The van der Waals surface area contributed by atoms with Gasteiger partial charge in [0.25, 0.3) is 5.69 Å². The molecule has 8 heteroatoms. The molecule has 1 heterocycles. The molecule has 0 fully saturated rings. The van der Waals surface area contributed by atoms with Crippen molar-refractivity contribution in [1.29, 1.82) is 0 Å². The summed E-state index contributed by atoms with van der Waals surface area (Å²) in [7, 11) is 0. The highest BCUT2D eigenvalue weighted by Gasteiger charge is 2.25. The molecule has 0 N–H and O–H groups in total. The van der Waals surface area contributed by atoms with E-state index in [4.69, 9.17) is 9.47 Å². The number of nitro benzene ring substituents is 1. The fourth-order valence-corrected chi connectivity index (χ4v) is 3.18. The van der Waals surface area contributed by atoms with E-state index in [0.29, 0.717) is 28.0 Å². The smallest absolute Gasteiger partial charge is 0.363 e. The molecule has 0 atom stereocenters. The molecule has 0 aliphatic carbocycles. The van der Waals surface area contributed by atoms with E-state index in [1.807, 2.05) is 0 Å². The number of ether oxygens (including phenoxy) is 2. The second-order valence-corrected chi connectivity index (χ2v) is 7.01. The van der Waals surface area contributed by atoms with Crippen LogP contribution in [0.1, 0.15) is 22.3 Å². The van der Waals surface area contributed by atoms with Gasteiger partial charge in [-0.2, -0.15) is 0 Å². The zero-order valence-electron chi connectivity index (χ0n) is 16.9. The first kappa shape index (κ1) is 20.9. The number of para-hydroxylation sites is 1. The van der Waals surface area contributed by atoms with Gasteiger partial charge in [0.15, 0.2) is 5.70 Å². The number of rotatable bonds is 6. The molecule has 160 valence electrons. The standard InChI is InChI=1S/C24H17FN2O5/c1-15-12-17(10-11-21(15)27(29)30)23-26-20(24(28)32-23)13-16-6-3-5-9-22(16)31-14-18-7-2-4-8-19(18)25/h2-13H,14H2,1H3/b20-13-. The Morgan fingerprint density at radius 1 is 1.12 bits per heavy atom. The third-order valence-corrected chi connectivity index (χ3v) is 4.81. The van der Waals surface area contributed by atoms with Gasteiger partial charge in [-0.1, -0.05) is 36.4 Å². The van der Waals surface area contributed by atoms with Crippen LogP contribution in [-0.2, 0) is 16.1 Å². The van der Waals surface area contributed by atoms with Gasteiger partial charge in [0, 0.05) is 28.3 Å². The number of benzene rings is 3. The molecule has 7 nitrogen and oxygen atoms in total. The molecule has 1 aliphatic rings. The van der Waals surface area contributed by atoms with Crippen molar-refractivity contribution >= 4 is 23.6 Å². The summed E-state index contributed by atoms with van der Waals surface area (Å²) in [5.74, 6) is -0.509. The molecule has 32 heavy (non-hydrogen) atoms. The van der Waals surface area contributed by atoms with Crippen molar-refractivity contribution in [3.8, 4) is 5.75 Å². The Morgan fingerprint density at radius 2 is 1.88 bits per heavy atom. The molecular formula is C24H17FN2O5. The van der Waals surface area contributed by atoms with Gasteiger partial charge >= 0.3 is 5.97 Å². The van der Waals surface area contributed by atoms with E-state index in [-0.39, 0.29) is 29.7 Å². The van der Waals surface area contributed by atoms with E-state index < -0.39 is 10.9 Å². The van der Waals surface area contributed by atoms with Crippen LogP contribution in [0.2, 0.25) is 0 Å². The summed E-state index contributed by atoms with van der Waals surface area (Å²) in [5, 5.41) is 11.0. The molecule has 0 saturated heterocycles. The average Bonchev–Trinajstić information content (AvgIpc) is 3.14. The molecule has 0 unspecified atom stereocenters. The number of hydrogen-bond donors (Lipinski definition) is 0. The Kier molecular flexibility index (Phi) is 5.76. The summed E-state index contributed by atoms with van der Waals surface area (Å²) in [4.78, 5) is 27.1. The lowest BCUT2D eigenvalue weighted by molar-refractivity contribution is -0.385. The van der Waals surface area contributed by atoms with Crippen LogP contribution in [0.5, 0.6) is 5.75 Å². The molecule has 0 radical (unpaired) electrons. The highest BCUT2D eigenvalue weighted by Crippen LogP contribution is 2.27. The third kappa shape index (κ3) is 4.39. The maximum Gasteiger partial charge on any atom is 0.363 e. The fourth-order valence-electron chi connectivity index (χ4n) is 3.18. The predicted octanol–water partition coefficient (Wildman–Crippen LogP) is 4.97. The van der Waals surface area contributed by atoms with Crippen molar-refractivity contribution in [3.63, 3.8) is 0 Å². The zero-order valence-corrected chi connectivity index (χ0v) is 16.9. The van der Waals surface area contributed by atoms with Gasteiger partial charge in [0.1, 0.15) is 18.2 Å². The number of nitro groups is 1. The summed E-state index contributed by atoms with van der Waals surface area (Å²) in [5.41, 5.74) is 1.88. The van der Waals surface area contributed by atoms with Gasteiger partial charge in [0.2, 0.25) is 5.90 Å². The number of carbonyl (C=O) groups is 1. The second kappa shape index (κ2) is 8.81. The van der Waals surface area contributed by atoms with Gasteiger partial charge < -0.3 is 9.47 Å². The number of aliphatic imine (C=N–C) groups is 1. The van der Waals surface area contributed by atoms with Crippen LogP contribution in [0.25, 0.3) is 6.08 Å². The number of carbonyl (C=O) groups excluding carboxylic acids is 1. The highest BCUT2D eigenvalue weighted by molar-refractivity contribution is 6.13. The normalized spacial score (nSPS) is 14.2. The minimum atomic E-state index is -0.653. The van der Waals surface area contributed by atoms with Crippen LogP contribution >= 0.6 is 0 Å². The minimum absolute atomic E-state index is 0.0217. The number of aryl methyl sites for hydroxylation is 1. The Morgan fingerprint density at radius 3 is 2.62 bits per heavy atom. The van der Waals surface area contributed by atoms with Crippen LogP contribution in [0, 0.1) is 22.9 Å². The van der Waals surface area contributed by atoms with Crippen LogP contribution in [0.15, 0.2) is 77.4 Å². The van der Waals surface area contributed by atoms with E-state index in [1.54, 1.807) is 55.5 Å². The molecule has 3 aromatic carbocycles. The van der Waals surface area contributed by atoms with E-state index in [2.05, 4.69) is 4.99 Å². The summed E-state index contributed by atoms with van der Waals surface area (Å²) in [6.45, 7) is 1.62. The van der Waals surface area contributed by atoms with Crippen molar-refractivity contribution in [1.82, 2.24) is 0 Å². The van der Waals surface area contributed by atoms with Crippen LogP contribution in [-0.4, -0.2) is 16.8 Å². The molecule has 4 rings (SSSR count). The van der Waals surface area contributed by atoms with Crippen molar-refractivity contribution in [2.24, 2.45) is 4.99 Å². The van der Waals surface area contributed by atoms with Crippen molar-refractivity contribution in [3.05, 3.63) is 111 Å². The lowest BCUT2D eigenvalue weighted by atomic mass is 10.1. The molecule has 0 aromatic heterocycles. The lowest BCUT2D eigenvalue weighted by Crippen LogP contribution is -2.06. The van der Waals surface area contributed by atoms with Crippen molar-refractivity contribution in [2.45, 2.75) is 13.5 Å². The molecule has 0 amide bonds. The molecule has 0 bridgehead atoms. The quantitative estimate of drug-likeness (QED) is 0.237. The Labute approximate surface area is 182 Å². The third-order valence-electron chi connectivity index (χ3n) is 4.81.